The number of unbranched alkanes of at least 4 members (excludes halogenated alkanes) is 1. The van der Waals surface area contributed by atoms with Crippen molar-refractivity contribution in [3.05, 3.63) is 48.5 Å². The summed E-state index contributed by atoms with van der Waals surface area (Å²) in [5.41, 5.74) is 0. The minimum atomic E-state index is 0.126. The van der Waals surface area contributed by atoms with Gasteiger partial charge >= 0.3 is 0 Å². The fourth-order valence-corrected chi connectivity index (χ4v) is 2.78. The second-order valence-corrected chi connectivity index (χ2v) is 6.18. The summed E-state index contributed by atoms with van der Waals surface area (Å²) in [5.74, 6) is 1.70. The molecule has 0 fully saturated rings. The number of ether oxygens (including phenoxy) is 2. The zero-order valence-corrected chi connectivity index (χ0v) is 14.1. The fourth-order valence-electron chi connectivity index (χ4n) is 2.78. The molecule has 3 aromatic rings. The van der Waals surface area contributed by atoms with Crippen molar-refractivity contribution in [1.82, 2.24) is 0 Å². The van der Waals surface area contributed by atoms with Crippen molar-refractivity contribution in [2.75, 3.05) is 6.61 Å². The minimum Gasteiger partial charge on any atom is -0.489 e. The van der Waals surface area contributed by atoms with Crippen molar-refractivity contribution in [3.8, 4) is 11.5 Å². The Morgan fingerprint density at radius 1 is 0.913 bits per heavy atom. The van der Waals surface area contributed by atoms with Gasteiger partial charge in [-0.05, 0) is 54.6 Å². The zero-order chi connectivity index (χ0) is 16.2. The highest BCUT2D eigenvalue weighted by Gasteiger charge is 2.12. The smallest absolute Gasteiger partial charge is 0.168 e. The molecule has 0 spiro atoms. The average Bonchev–Trinajstić information content (AvgIpc) is 2.54. The summed E-state index contributed by atoms with van der Waals surface area (Å²) in [6.45, 7) is 6.98. The van der Waals surface area contributed by atoms with E-state index in [1.54, 1.807) is 0 Å². The summed E-state index contributed by atoms with van der Waals surface area (Å²) in [6, 6.07) is 17.0. The van der Waals surface area contributed by atoms with Gasteiger partial charge < -0.3 is 9.47 Å². The lowest BCUT2D eigenvalue weighted by atomic mass is 10.0. The lowest BCUT2D eigenvalue weighted by Crippen LogP contribution is -2.08. The standard InChI is InChI=1S/C21H24O2/c1-4-5-12-22-21-19-14-17-9-7-6-8-16(17)13-18(19)10-11-20(21)23-15(2)3/h6-11,13-15H,4-5,12H2,1-3H3. The van der Waals surface area contributed by atoms with Gasteiger partial charge in [-0.25, -0.2) is 0 Å². The lowest BCUT2D eigenvalue weighted by molar-refractivity contribution is 0.221. The molecule has 0 saturated heterocycles. The molecule has 0 heterocycles. The van der Waals surface area contributed by atoms with E-state index < -0.39 is 0 Å². The first-order valence-electron chi connectivity index (χ1n) is 8.44. The first kappa shape index (κ1) is 15.7. The molecule has 120 valence electrons. The maximum Gasteiger partial charge on any atom is 0.168 e. The van der Waals surface area contributed by atoms with Gasteiger partial charge in [-0.2, -0.15) is 0 Å². The molecule has 2 heteroatoms. The van der Waals surface area contributed by atoms with E-state index in [9.17, 15) is 0 Å². The summed E-state index contributed by atoms with van der Waals surface area (Å²) >= 11 is 0. The van der Waals surface area contributed by atoms with E-state index in [1.807, 2.05) is 19.9 Å². The quantitative estimate of drug-likeness (QED) is 0.413. The molecule has 3 rings (SSSR count). The van der Waals surface area contributed by atoms with Crippen LogP contribution in [-0.4, -0.2) is 12.7 Å². The molecule has 0 radical (unpaired) electrons. The normalized spacial score (nSPS) is 11.3. The number of hydrogen-bond acceptors (Lipinski definition) is 2. The van der Waals surface area contributed by atoms with Gasteiger partial charge in [0.2, 0.25) is 0 Å². The Labute approximate surface area is 138 Å². The molecule has 0 bridgehead atoms. The topological polar surface area (TPSA) is 18.5 Å². The van der Waals surface area contributed by atoms with E-state index in [-0.39, 0.29) is 6.10 Å². The van der Waals surface area contributed by atoms with Crippen molar-refractivity contribution in [1.29, 1.82) is 0 Å². The van der Waals surface area contributed by atoms with Crippen molar-refractivity contribution < 1.29 is 9.47 Å². The van der Waals surface area contributed by atoms with Gasteiger partial charge in [-0.1, -0.05) is 43.7 Å². The van der Waals surface area contributed by atoms with Crippen molar-refractivity contribution >= 4 is 21.5 Å². The van der Waals surface area contributed by atoms with Crippen LogP contribution in [0.5, 0.6) is 11.5 Å². The van der Waals surface area contributed by atoms with Crippen LogP contribution in [0.15, 0.2) is 48.5 Å². The maximum absolute atomic E-state index is 6.12. The van der Waals surface area contributed by atoms with E-state index in [4.69, 9.17) is 9.47 Å². The Balaban J connectivity index is 2.14. The van der Waals surface area contributed by atoms with Crippen LogP contribution < -0.4 is 9.47 Å². The van der Waals surface area contributed by atoms with Crippen LogP contribution in [0, 0.1) is 0 Å². The molecule has 0 aliphatic carbocycles. The van der Waals surface area contributed by atoms with E-state index in [2.05, 4.69) is 49.4 Å². The third-order valence-electron chi connectivity index (χ3n) is 3.91. The highest BCUT2D eigenvalue weighted by atomic mass is 16.5. The highest BCUT2D eigenvalue weighted by Crippen LogP contribution is 2.38. The predicted molar refractivity (Wildman–Crippen MR) is 97.6 cm³/mol. The van der Waals surface area contributed by atoms with Crippen LogP contribution in [0.3, 0.4) is 0 Å². The first-order valence-corrected chi connectivity index (χ1v) is 8.44. The minimum absolute atomic E-state index is 0.126. The van der Waals surface area contributed by atoms with E-state index in [1.165, 1.54) is 16.2 Å². The van der Waals surface area contributed by atoms with Gasteiger partial charge in [0.05, 0.1) is 12.7 Å². The van der Waals surface area contributed by atoms with Crippen molar-refractivity contribution in [2.45, 2.75) is 39.7 Å². The van der Waals surface area contributed by atoms with E-state index in [0.717, 1.165) is 36.3 Å². The molecular formula is C21H24O2. The third kappa shape index (κ3) is 3.42. The number of fused-ring (bicyclic) bond motifs is 2. The van der Waals surface area contributed by atoms with Gasteiger partial charge in [-0.15, -0.1) is 0 Å². The summed E-state index contributed by atoms with van der Waals surface area (Å²) in [5, 5.41) is 4.78. The lowest BCUT2D eigenvalue weighted by Gasteiger charge is -2.17. The van der Waals surface area contributed by atoms with Crippen LogP contribution in [0.25, 0.3) is 21.5 Å². The molecule has 23 heavy (non-hydrogen) atoms. The van der Waals surface area contributed by atoms with Gasteiger partial charge in [0.25, 0.3) is 0 Å². The molecule has 0 amide bonds. The molecule has 0 aromatic heterocycles. The average molecular weight is 308 g/mol. The molecule has 0 saturated carbocycles. The summed E-state index contributed by atoms with van der Waals surface area (Å²) < 4.78 is 12.1. The summed E-state index contributed by atoms with van der Waals surface area (Å²) in [7, 11) is 0. The Morgan fingerprint density at radius 3 is 2.35 bits per heavy atom. The van der Waals surface area contributed by atoms with Gasteiger partial charge in [0.1, 0.15) is 0 Å². The number of benzene rings is 3. The van der Waals surface area contributed by atoms with Crippen LogP contribution in [-0.2, 0) is 0 Å². The van der Waals surface area contributed by atoms with Gasteiger partial charge in [0, 0.05) is 5.39 Å². The second kappa shape index (κ2) is 6.91. The Kier molecular flexibility index (Phi) is 4.71. The monoisotopic (exact) mass is 308 g/mol. The van der Waals surface area contributed by atoms with Gasteiger partial charge in [-0.3, -0.25) is 0 Å². The molecule has 3 aromatic carbocycles. The summed E-state index contributed by atoms with van der Waals surface area (Å²) in [4.78, 5) is 0. The third-order valence-corrected chi connectivity index (χ3v) is 3.91. The van der Waals surface area contributed by atoms with E-state index in [0.29, 0.717) is 0 Å². The molecule has 0 aliphatic heterocycles. The van der Waals surface area contributed by atoms with Crippen LogP contribution >= 0.6 is 0 Å². The molecule has 0 aliphatic rings. The van der Waals surface area contributed by atoms with Crippen LogP contribution in [0.4, 0.5) is 0 Å². The Hall–Kier alpha value is -2.22. The number of hydrogen-bond donors (Lipinski definition) is 0. The zero-order valence-electron chi connectivity index (χ0n) is 14.1. The van der Waals surface area contributed by atoms with Crippen LogP contribution in [0.2, 0.25) is 0 Å². The number of rotatable bonds is 6. The van der Waals surface area contributed by atoms with Gasteiger partial charge in [0.15, 0.2) is 11.5 Å². The molecule has 2 nitrogen and oxygen atoms in total. The molecule has 0 unspecified atom stereocenters. The second-order valence-electron chi connectivity index (χ2n) is 6.18. The van der Waals surface area contributed by atoms with E-state index >= 15 is 0 Å². The van der Waals surface area contributed by atoms with Crippen molar-refractivity contribution in [2.24, 2.45) is 0 Å². The van der Waals surface area contributed by atoms with Crippen molar-refractivity contribution in [3.63, 3.8) is 0 Å². The fraction of sp³-hybridized carbons (Fsp3) is 0.333. The largest absolute Gasteiger partial charge is 0.489 e. The maximum atomic E-state index is 6.12. The first-order chi connectivity index (χ1) is 11.2. The highest BCUT2D eigenvalue weighted by molar-refractivity contribution is 6.01. The molecule has 0 N–H and O–H groups in total. The molecular weight excluding hydrogens is 284 g/mol. The predicted octanol–water partition coefficient (Wildman–Crippen LogP) is 5.96. The Bertz CT molecular complexity index is 805. The SMILES string of the molecule is CCCCOc1c(OC(C)C)ccc2cc3ccccc3cc12. The Morgan fingerprint density at radius 2 is 1.65 bits per heavy atom. The summed E-state index contributed by atoms with van der Waals surface area (Å²) in [6.07, 6.45) is 2.29. The van der Waals surface area contributed by atoms with Crippen LogP contribution in [0.1, 0.15) is 33.6 Å². The molecule has 0 atom stereocenters.